The molecule has 1 heterocycles. The Morgan fingerprint density at radius 2 is 1.77 bits per heavy atom. The second kappa shape index (κ2) is 10.2. The van der Waals surface area contributed by atoms with E-state index in [0.717, 1.165) is 22.2 Å². The maximum absolute atomic E-state index is 12.5. The first-order valence-electron chi connectivity index (χ1n) is 9.01. The number of benzene rings is 2. The van der Waals surface area contributed by atoms with Gasteiger partial charge in [-0.05, 0) is 59.8 Å². The number of imide groups is 1. The smallest absolute Gasteiger partial charge is 0.293 e. The fourth-order valence-corrected chi connectivity index (χ4v) is 3.57. The van der Waals surface area contributed by atoms with Gasteiger partial charge in [-0.15, -0.1) is 0 Å². The maximum Gasteiger partial charge on any atom is 0.293 e. The van der Waals surface area contributed by atoms with Crippen LogP contribution >= 0.6 is 23.4 Å². The summed E-state index contributed by atoms with van der Waals surface area (Å²) in [6.07, 6.45) is 1.64. The molecule has 1 aliphatic rings. The van der Waals surface area contributed by atoms with Crippen molar-refractivity contribution in [1.82, 2.24) is 10.2 Å². The highest BCUT2D eigenvalue weighted by Crippen LogP contribution is 2.32. The lowest BCUT2D eigenvalue weighted by molar-refractivity contribution is -0.125. The first-order chi connectivity index (χ1) is 14.5. The molecular weight excluding hydrogens is 428 g/mol. The third-order valence-electron chi connectivity index (χ3n) is 4.13. The Balaban J connectivity index is 1.45. The van der Waals surface area contributed by atoms with Gasteiger partial charge in [-0.2, -0.15) is 0 Å². The van der Waals surface area contributed by atoms with E-state index in [1.165, 1.54) is 0 Å². The molecule has 0 atom stereocenters. The van der Waals surface area contributed by atoms with Gasteiger partial charge in [0.2, 0.25) is 0 Å². The van der Waals surface area contributed by atoms with Crippen LogP contribution in [0.1, 0.15) is 5.56 Å². The van der Waals surface area contributed by atoms with E-state index >= 15 is 0 Å². The van der Waals surface area contributed by atoms with Crippen LogP contribution in [0.3, 0.4) is 0 Å². The molecule has 0 bridgehead atoms. The average Bonchev–Trinajstić information content (AvgIpc) is 3.01. The van der Waals surface area contributed by atoms with E-state index in [0.29, 0.717) is 21.4 Å². The van der Waals surface area contributed by atoms with E-state index in [-0.39, 0.29) is 36.7 Å². The van der Waals surface area contributed by atoms with E-state index < -0.39 is 0 Å². The van der Waals surface area contributed by atoms with Gasteiger partial charge in [-0.25, -0.2) is 0 Å². The number of nitrogens with zero attached hydrogens (tertiary/aromatic N) is 1. The Labute approximate surface area is 183 Å². The molecule has 7 nitrogen and oxygen atoms in total. The van der Waals surface area contributed by atoms with Crippen molar-refractivity contribution in [3.8, 4) is 11.5 Å². The molecule has 1 aliphatic heterocycles. The van der Waals surface area contributed by atoms with Gasteiger partial charge in [0.1, 0.15) is 11.5 Å². The highest BCUT2D eigenvalue weighted by atomic mass is 35.5. The standard InChI is InChI=1S/C21H19ClN2O5S/c1-28-16-6-8-17(9-7-16)29-13-19(25)23-10-11-24-20(26)18(30-21(24)27)12-14-2-4-15(22)5-3-14/h2-9,12H,10-11,13H2,1H3,(H,23,25)/b18-12+. The van der Waals surface area contributed by atoms with Crippen LogP contribution in [0.25, 0.3) is 6.08 Å². The number of thioether (sulfide) groups is 1. The highest BCUT2D eigenvalue weighted by molar-refractivity contribution is 8.18. The molecule has 0 aliphatic carbocycles. The summed E-state index contributed by atoms with van der Waals surface area (Å²) in [7, 11) is 1.56. The summed E-state index contributed by atoms with van der Waals surface area (Å²) >= 11 is 6.72. The summed E-state index contributed by atoms with van der Waals surface area (Å²) in [5.74, 6) is 0.483. The molecule has 2 aromatic carbocycles. The molecule has 1 fully saturated rings. The number of methoxy groups -OCH3 is 1. The van der Waals surface area contributed by atoms with Crippen LogP contribution in [0, 0.1) is 0 Å². The highest BCUT2D eigenvalue weighted by Gasteiger charge is 2.34. The number of hydrogen-bond donors (Lipinski definition) is 1. The average molecular weight is 447 g/mol. The summed E-state index contributed by atoms with van der Waals surface area (Å²) < 4.78 is 10.4. The predicted molar refractivity (Wildman–Crippen MR) is 116 cm³/mol. The number of rotatable bonds is 8. The van der Waals surface area contributed by atoms with Gasteiger partial charge >= 0.3 is 0 Å². The molecule has 3 rings (SSSR count). The normalized spacial score (nSPS) is 14.9. The Hall–Kier alpha value is -2.97. The second-order valence-electron chi connectivity index (χ2n) is 6.20. The Morgan fingerprint density at radius 3 is 2.43 bits per heavy atom. The molecule has 0 aromatic heterocycles. The lowest BCUT2D eigenvalue weighted by Gasteiger charge is -2.13. The zero-order valence-electron chi connectivity index (χ0n) is 16.1. The Bertz CT molecular complexity index is 960. The predicted octanol–water partition coefficient (Wildman–Crippen LogP) is 3.58. The molecule has 2 aromatic rings. The summed E-state index contributed by atoms with van der Waals surface area (Å²) in [5, 5.41) is 2.85. The first-order valence-corrected chi connectivity index (χ1v) is 10.2. The molecule has 156 valence electrons. The minimum atomic E-state index is -0.385. The third kappa shape index (κ3) is 5.77. The van der Waals surface area contributed by atoms with Gasteiger partial charge in [-0.3, -0.25) is 19.3 Å². The molecule has 0 unspecified atom stereocenters. The number of carbonyl (C=O) groups excluding carboxylic acids is 3. The maximum atomic E-state index is 12.5. The minimum absolute atomic E-state index is 0.0803. The van der Waals surface area contributed by atoms with Crippen LogP contribution in [-0.2, 0) is 9.59 Å². The lowest BCUT2D eigenvalue weighted by atomic mass is 10.2. The van der Waals surface area contributed by atoms with Gasteiger partial charge in [-0.1, -0.05) is 23.7 Å². The zero-order valence-corrected chi connectivity index (χ0v) is 17.7. The quantitative estimate of drug-likeness (QED) is 0.624. The van der Waals surface area contributed by atoms with Crippen LogP contribution in [-0.4, -0.2) is 48.8 Å². The molecular formula is C21H19ClN2O5S. The molecule has 9 heteroatoms. The van der Waals surface area contributed by atoms with Crippen molar-refractivity contribution < 1.29 is 23.9 Å². The fourth-order valence-electron chi connectivity index (χ4n) is 2.58. The van der Waals surface area contributed by atoms with Crippen molar-refractivity contribution in [3.63, 3.8) is 0 Å². The Kier molecular flexibility index (Phi) is 7.37. The van der Waals surface area contributed by atoms with E-state index in [4.69, 9.17) is 21.1 Å². The third-order valence-corrected chi connectivity index (χ3v) is 5.29. The number of nitrogens with one attached hydrogen (secondary N) is 1. The number of amides is 3. The van der Waals surface area contributed by atoms with Crippen LogP contribution in [0.4, 0.5) is 4.79 Å². The van der Waals surface area contributed by atoms with Crippen molar-refractivity contribution >= 4 is 46.5 Å². The summed E-state index contributed by atoms with van der Waals surface area (Å²) in [6.45, 7) is 0.0403. The van der Waals surface area contributed by atoms with Crippen LogP contribution in [0.15, 0.2) is 53.4 Å². The monoisotopic (exact) mass is 446 g/mol. The van der Waals surface area contributed by atoms with Crippen LogP contribution in [0.5, 0.6) is 11.5 Å². The van der Waals surface area contributed by atoms with Crippen LogP contribution < -0.4 is 14.8 Å². The minimum Gasteiger partial charge on any atom is -0.497 e. The summed E-state index contributed by atoms with van der Waals surface area (Å²) in [5.41, 5.74) is 0.772. The number of ether oxygens (including phenoxy) is 2. The fraction of sp³-hybridized carbons (Fsp3) is 0.190. The van der Waals surface area contributed by atoms with Gasteiger partial charge in [0, 0.05) is 18.1 Å². The van der Waals surface area contributed by atoms with E-state index in [1.807, 2.05) is 0 Å². The molecule has 1 saturated heterocycles. The number of halogens is 1. The molecule has 3 amide bonds. The van der Waals surface area contributed by atoms with Gasteiger partial charge in [0.15, 0.2) is 6.61 Å². The van der Waals surface area contributed by atoms with Gasteiger partial charge in [0.25, 0.3) is 17.1 Å². The SMILES string of the molecule is COc1ccc(OCC(=O)NCCN2C(=O)S/C(=C/c3ccc(Cl)cc3)C2=O)cc1. The largest absolute Gasteiger partial charge is 0.497 e. The molecule has 0 radical (unpaired) electrons. The topological polar surface area (TPSA) is 84.9 Å². The van der Waals surface area contributed by atoms with Crippen molar-refractivity contribution in [2.75, 3.05) is 26.8 Å². The lowest BCUT2D eigenvalue weighted by Crippen LogP contribution is -2.38. The van der Waals surface area contributed by atoms with Gasteiger partial charge in [0.05, 0.1) is 12.0 Å². The number of carbonyl (C=O) groups is 3. The van der Waals surface area contributed by atoms with Crippen molar-refractivity contribution in [2.45, 2.75) is 0 Å². The molecule has 30 heavy (non-hydrogen) atoms. The van der Waals surface area contributed by atoms with Crippen molar-refractivity contribution in [1.29, 1.82) is 0 Å². The summed E-state index contributed by atoms with van der Waals surface area (Å²) in [4.78, 5) is 38.0. The zero-order chi connectivity index (χ0) is 21.5. The van der Waals surface area contributed by atoms with Crippen molar-refractivity contribution in [3.05, 3.63) is 64.0 Å². The Morgan fingerprint density at radius 1 is 1.10 bits per heavy atom. The van der Waals surface area contributed by atoms with E-state index in [1.54, 1.807) is 61.7 Å². The van der Waals surface area contributed by atoms with Crippen molar-refractivity contribution in [2.24, 2.45) is 0 Å². The number of hydrogen-bond acceptors (Lipinski definition) is 6. The van der Waals surface area contributed by atoms with Gasteiger partial charge < -0.3 is 14.8 Å². The molecule has 0 saturated carbocycles. The first kappa shape index (κ1) is 21.7. The van der Waals surface area contributed by atoms with E-state index in [9.17, 15) is 14.4 Å². The molecule has 0 spiro atoms. The molecule has 1 N–H and O–H groups in total. The summed E-state index contributed by atoms with van der Waals surface area (Å²) in [6, 6.07) is 13.8. The van der Waals surface area contributed by atoms with Crippen LogP contribution in [0.2, 0.25) is 5.02 Å². The second-order valence-corrected chi connectivity index (χ2v) is 7.63. The van der Waals surface area contributed by atoms with E-state index in [2.05, 4.69) is 5.32 Å².